The zero-order chi connectivity index (χ0) is 14.4. The van der Waals surface area contributed by atoms with Crippen LogP contribution in [0, 0.1) is 13.8 Å². The number of anilines is 2. The molecule has 0 saturated carbocycles. The predicted octanol–water partition coefficient (Wildman–Crippen LogP) is 5.27. The zero-order valence-corrected chi connectivity index (χ0v) is 13.3. The van der Waals surface area contributed by atoms with Crippen LogP contribution in [0.5, 0.6) is 0 Å². The van der Waals surface area contributed by atoms with Gasteiger partial charge in [0.2, 0.25) is 0 Å². The Morgan fingerprint density at radius 2 is 1.67 bits per heavy atom. The van der Waals surface area contributed by atoms with E-state index in [1.807, 2.05) is 18.2 Å². The molecule has 5 heteroatoms. The fourth-order valence-corrected chi connectivity index (χ4v) is 4.41. The largest absolute Gasteiger partial charge is 0.307 e. The van der Waals surface area contributed by atoms with Crippen molar-refractivity contribution in [2.24, 2.45) is 0 Å². The highest BCUT2D eigenvalue weighted by atomic mass is 32.1. The van der Waals surface area contributed by atoms with Crippen molar-refractivity contribution in [1.82, 2.24) is 9.97 Å². The monoisotopic (exact) mass is 311 g/mol. The van der Waals surface area contributed by atoms with E-state index in [9.17, 15) is 0 Å². The van der Waals surface area contributed by atoms with Crippen molar-refractivity contribution in [2.45, 2.75) is 13.8 Å². The maximum Gasteiger partial charge on any atom is 0.190 e. The van der Waals surface area contributed by atoms with Gasteiger partial charge in [-0.25, -0.2) is 9.97 Å². The standard InChI is InChI=1S/C16H13N3S2/c1-9-7-10(2)14-13(8-9)21-16(18-14)19-15-17-11-5-3-4-6-12(11)20-15/h3-8H,1-2H3,(H,17,18,19). The quantitative estimate of drug-likeness (QED) is 0.548. The molecule has 0 bridgehead atoms. The summed E-state index contributed by atoms with van der Waals surface area (Å²) in [6.45, 7) is 4.23. The summed E-state index contributed by atoms with van der Waals surface area (Å²) in [5.74, 6) is 0. The highest BCUT2D eigenvalue weighted by molar-refractivity contribution is 7.24. The van der Waals surface area contributed by atoms with Gasteiger partial charge in [0.1, 0.15) is 0 Å². The molecule has 21 heavy (non-hydrogen) atoms. The lowest BCUT2D eigenvalue weighted by Crippen LogP contribution is -1.87. The van der Waals surface area contributed by atoms with E-state index in [0.717, 1.165) is 21.3 Å². The molecule has 4 rings (SSSR count). The number of para-hydroxylation sites is 1. The predicted molar refractivity (Wildman–Crippen MR) is 92.0 cm³/mol. The van der Waals surface area contributed by atoms with Gasteiger partial charge in [-0.2, -0.15) is 0 Å². The summed E-state index contributed by atoms with van der Waals surface area (Å²) in [5.41, 5.74) is 4.60. The van der Waals surface area contributed by atoms with Crippen LogP contribution in [0.1, 0.15) is 11.1 Å². The molecule has 0 saturated heterocycles. The maximum atomic E-state index is 4.69. The second kappa shape index (κ2) is 4.79. The summed E-state index contributed by atoms with van der Waals surface area (Å²) < 4.78 is 2.41. The van der Waals surface area contributed by atoms with Gasteiger partial charge in [-0.3, -0.25) is 0 Å². The van der Waals surface area contributed by atoms with Crippen molar-refractivity contribution in [3.05, 3.63) is 47.5 Å². The fourth-order valence-electron chi connectivity index (χ4n) is 2.44. The molecule has 0 atom stereocenters. The highest BCUT2D eigenvalue weighted by Gasteiger charge is 2.09. The normalized spacial score (nSPS) is 11.3. The molecule has 4 aromatic rings. The first-order chi connectivity index (χ1) is 10.2. The smallest absolute Gasteiger partial charge is 0.190 e. The molecule has 0 spiro atoms. The van der Waals surface area contributed by atoms with E-state index in [1.54, 1.807) is 22.7 Å². The summed E-state index contributed by atoms with van der Waals surface area (Å²) in [6.07, 6.45) is 0. The van der Waals surface area contributed by atoms with Crippen molar-refractivity contribution in [3.63, 3.8) is 0 Å². The number of aryl methyl sites for hydroxylation is 2. The third kappa shape index (κ3) is 2.28. The number of rotatable bonds is 2. The van der Waals surface area contributed by atoms with Crippen molar-refractivity contribution in [3.8, 4) is 0 Å². The lowest BCUT2D eigenvalue weighted by molar-refractivity contribution is 1.36. The summed E-state index contributed by atoms with van der Waals surface area (Å²) in [5, 5.41) is 5.14. The summed E-state index contributed by atoms with van der Waals surface area (Å²) in [7, 11) is 0. The molecule has 2 heterocycles. The number of benzene rings is 2. The third-order valence-electron chi connectivity index (χ3n) is 3.34. The van der Waals surface area contributed by atoms with E-state index in [2.05, 4.69) is 42.3 Å². The molecule has 0 fully saturated rings. The van der Waals surface area contributed by atoms with E-state index in [4.69, 9.17) is 4.98 Å². The molecule has 0 unspecified atom stereocenters. The van der Waals surface area contributed by atoms with Gasteiger partial charge in [0.05, 0.1) is 20.4 Å². The highest BCUT2D eigenvalue weighted by Crippen LogP contribution is 2.33. The summed E-state index contributed by atoms with van der Waals surface area (Å²) in [6, 6.07) is 12.5. The Bertz CT molecular complexity index is 920. The van der Waals surface area contributed by atoms with Crippen LogP contribution in [0.25, 0.3) is 20.4 Å². The molecule has 1 N–H and O–H groups in total. The van der Waals surface area contributed by atoms with Crippen LogP contribution in [-0.4, -0.2) is 9.97 Å². The average molecular weight is 311 g/mol. The lowest BCUT2D eigenvalue weighted by Gasteiger charge is -1.96. The molecular formula is C16H13N3S2. The average Bonchev–Trinajstić information content (AvgIpc) is 3.01. The molecule has 0 aliphatic rings. The number of nitrogens with one attached hydrogen (secondary N) is 1. The van der Waals surface area contributed by atoms with Gasteiger partial charge in [-0.05, 0) is 43.2 Å². The SMILES string of the molecule is Cc1cc(C)c2nc(Nc3nc4ccccc4s3)sc2c1. The Morgan fingerprint density at radius 3 is 2.52 bits per heavy atom. The number of fused-ring (bicyclic) bond motifs is 2. The molecule has 0 aliphatic carbocycles. The number of nitrogens with zero attached hydrogens (tertiary/aromatic N) is 2. The first-order valence-electron chi connectivity index (χ1n) is 6.69. The number of aromatic nitrogens is 2. The lowest BCUT2D eigenvalue weighted by atomic mass is 10.1. The summed E-state index contributed by atoms with van der Waals surface area (Å²) in [4.78, 5) is 9.29. The fraction of sp³-hybridized carbons (Fsp3) is 0.125. The molecule has 2 aromatic carbocycles. The number of hydrogen-bond acceptors (Lipinski definition) is 5. The molecule has 104 valence electrons. The van der Waals surface area contributed by atoms with Gasteiger partial charge >= 0.3 is 0 Å². The minimum absolute atomic E-state index is 0.893. The number of hydrogen-bond donors (Lipinski definition) is 1. The Labute approximate surface area is 130 Å². The first-order valence-corrected chi connectivity index (χ1v) is 8.33. The summed E-state index contributed by atoms with van der Waals surface area (Å²) >= 11 is 3.33. The minimum atomic E-state index is 0.893. The van der Waals surface area contributed by atoms with E-state index >= 15 is 0 Å². The van der Waals surface area contributed by atoms with Crippen LogP contribution in [0.15, 0.2) is 36.4 Å². The van der Waals surface area contributed by atoms with Gasteiger partial charge in [-0.1, -0.05) is 40.9 Å². The van der Waals surface area contributed by atoms with Gasteiger partial charge in [0.25, 0.3) is 0 Å². The van der Waals surface area contributed by atoms with E-state index in [0.29, 0.717) is 0 Å². The maximum absolute atomic E-state index is 4.69. The van der Waals surface area contributed by atoms with Gasteiger partial charge in [0.15, 0.2) is 10.3 Å². The third-order valence-corrected chi connectivity index (χ3v) is 5.21. The second-order valence-corrected chi connectivity index (χ2v) is 7.12. The van der Waals surface area contributed by atoms with Gasteiger partial charge < -0.3 is 5.32 Å². The second-order valence-electron chi connectivity index (χ2n) is 5.06. The van der Waals surface area contributed by atoms with Crippen LogP contribution < -0.4 is 5.32 Å². The van der Waals surface area contributed by atoms with Gasteiger partial charge in [0, 0.05) is 0 Å². The molecule has 0 radical (unpaired) electrons. The number of thiazole rings is 2. The molecular weight excluding hydrogens is 298 g/mol. The van der Waals surface area contributed by atoms with E-state index < -0.39 is 0 Å². The molecule has 0 aliphatic heterocycles. The van der Waals surface area contributed by atoms with Crippen LogP contribution in [-0.2, 0) is 0 Å². The Balaban J connectivity index is 1.75. The minimum Gasteiger partial charge on any atom is -0.307 e. The first kappa shape index (κ1) is 12.7. The van der Waals surface area contributed by atoms with Crippen molar-refractivity contribution in [1.29, 1.82) is 0 Å². The Kier molecular flexibility index (Phi) is 2.90. The van der Waals surface area contributed by atoms with Crippen molar-refractivity contribution < 1.29 is 0 Å². The molecule has 2 aromatic heterocycles. The van der Waals surface area contributed by atoms with Gasteiger partial charge in [-0.15, -0.1) is 0 Å². The van der Waals surface area contributed by atoms with Crippen LogP contribution in [0.4, 0.5) is 10.3 Å². The van der Waals surface area contributed by atoms with E-state index in [1.165, 1.54) is 20.5 Å². The molecule has 0 amide bonds. The zero-order valence-electron chi connectivity index (χ0n) is 11.7. The van der Waals surface area contributed by atoms with Crippen LogP contribution in [0.2, 0.25) is 0 Å². The van der Waals surface area contributed by atoms with Crippen LogP contribution >= 0.6 is 22.7 Å². The Hall–Kier alpha value is -1.98. The van der Waals surface area contributed by atoms with Crippen molar-refractivity contribution in [2.75, 3.05) is 5.32 Å². The van der Waals surface area contributed by atoms with Crippen molar-refractivity contribution >= 4 is 53.4 Å². The van der Waals surface area contributed by atoms with Crippen LogP contribution in [0.3, 0.4) is 0 Å². The van der Waals surface area contributed by atoms with E-state index in [-0.39, 0.29) is 0 Å². The molecule has 3 nitrogen and oxygen atoms in total. The Morgan fingerprint density at radius 1 is 0.905 bits per heavy atom. The topological polar surface area (TPSA) is 37.8 Å².